The largest absolute Gasteiger partial charge is 0.344 e. The van der Waals surface area contributed by atoms with Crippen molar-refractivity contribution in [2.75, 3.05) is 4.90 Å². The number of benzene rings is 2. The van der Waals surface area contributed by atoms with E-state index in [0.717, 1.165) is 11.3 Å². The molecule has 1 atom stereocenters. The summed E-state index contributed by atoms with van der Waals surface area (Å²) in [7, 11) is 0. The van der Waals surface area contributed by atoms with Crippen molar-refractivity contribution in [2.45, 2.75) is 33.0 Å². The van der Waals surface area contributed by atoms with Crippen molar-refractivity contribution in [3.05, 3.63) is 65.0 Å². The molecule has 1 N–H and O–H groups in total. The average molecular weight is 298 g/mol. The topological polar surface area (TPSA) is 32.3 Å². The monoisotopic (exact) mass is 298 g/mol. The maximum absolute atomic E-state index is 14.3. The Hall–Kier alpha value is -2.36. The highest BCUT2D eigenvalue weighted by Crippen LogP contribution is 2.35. The summed E-state index contributed by atoms with van der Waals surface area (Å²) in [6, 6.07) is 12.5. The lowest BCUT2D eigenvalue weighted by molar-refractivity contribution is 0.0924. The molecule has 0 spiro atoms. The number of hydrogen-bond acceptors (Lipinski definition) is 2. The van der Waals surface area contributed by atoms with Crippen LogP contribution in [0.3, 0.4) is 0 Å². The zero-order valence-electron chi connectivity index (χ0n) is 12.9. The number of carbonyl (C=O) groups excluding carboxylic acids is 1. The van der Waals surface area contributed by atoms with Gasteiger partial charge in [0.1, 0.15) is 12.0 Å². The summed E-state index contributed by atoms with van der Waals surface area (Å²) in [6.45, 7) is 5.99. The van der Waals surface area contributed by atoms with E-state index >= 15 is 0 Å². The van der Waals surface area contributed by atoms with E-state index in [4.69, 9.17) is 0 Å². The van der Waals surface area contributed by atoms with Crippen LogP contribution in [0.2, 0.25) is 0 Å². The molecular weight excluding hydrogens is 279 g/mol. The van der Waals surface area contributed by atoms with Crippen molar-refractivity contribution in [1.82, 2.24) is 5.32 Å². The second-order valence-corrected chi connectivity index (χ2v) is 5.92. The third-order valence-electron chi connectivity index (χ3n) is 3.98. The summed E-state index contributed by atoms with van der Waals surface area (Å²) in [5.41, 5.74) is 2.93. The van der Waals surface area contributed by atoms with Gasteiger partial charge in [-0.3, -0.25) is 4.79 Å². The molecule has 0 saturated heterocycles. The van der Waals surface area contributed by atoms with Crippen LogP contribution in [0.25, 0.3) is 0 Å². The highest BCUT2D eigenvalue weighted by Gasteiger charge is 2.34. The summed E-state index contributed by atoms with van der Waals surface area (Å²) >= 11 is 0. The van der Waals surface area contributed by atoms with Crippen LogP contribution >= 0.6 is 0 Å². The predicted octanol–water partition coefficient (Wildman–Crippen LogP) is 3.79. The van der Waals surface area contributed by atoms with Crippen molar-refractivity contribution < 1.29 is 9.18 Å². The van der Waals surface area contributed by atoms with Crippen LogP contribution in [0.15, 0.2) is 42.5 Å². The van der Waals surface area contributed by atoms with E-state index in [0.29, 0.717) is 11.1 Å². The first-order chi connectivity index (χ1) is 10.5. The fourth-order valence-corrected chi connectivity index (χ4v) is 2.98. The van der Waals surface area contributed by atoms with Crippen molar-refractivity contribution >= 4 is 11.6 Å². The molecule has 0 aromatic heterocycles. The molecule has 0 aliphatic carbocycles. The zero-order chi connectivity index (χ0) is 15.9. The molecule has 2 aromatic carbocycles. The van der Waals surface area contributed by atoms with Gasteiger partial charge in [0.15, 0.2) is 0 Å². The second-order valence-electron chi connectivity index (χ2n) is 5.92. The lowest BCUT2D eigenvalue weighted by Crippen LogP contribution is -2.49. The number of anilines is 1. The highest BCUT2D eigenvalue weighted by atomic mass is 19.1. The lowest BCUT2D eigenvalue weighted by Gasteiger charge is -2.42. The van der Waals surface area contributed by atoms with E-state index in [-0.39, 0.29) is 17.8 Å². The number of rotatable bonds is 2. The number of nitrogens with one attached hydrogen (secondary N) is 1. The molecule has 1 unspecified atom stereocenters. The van der Waals surface area contributed by atoms with Gasteiger partial charge in [0, 0.05) is 11.6 Å². The first-order valence-electron chi connectivity index (χ1n) is 7.43. The van der Waals surface area contributed by atoms with Gasteiger partial charge in [-0.2, -0.15) is 0 Å². The van der Waals surface area contributed by atoms with Crippen LogP contribution in [0.5, 0.6) is 0 Å². The fourth-order valence-electron chi connectivity index (χ4n) is 2.98. The summed E-state index contributed by atoms with van der Waals surface area (Å²) < 4.78 is 14.3. The third kappa shape index (κ3) is 2.34. The number of amides is 1. The Balaban J connectivity index is 2.16. The van der Waals surface area contributed by atoms with Crippen molar-refractivity contribution in [2.24, 2.45) is 0 Å². The van der Waals surface area contributed by atoms with E-state index in [1.54, 1.807) is 18.2 Å². The van der Waals surface area contributed by atoms with Gasteiger partial charge < -0.3 is 10.2 Å². The van der Waals surface area contributed by atoms with E-state index in [9.17, 15) is 9.18 Å². The molecule has 4 heteroatoms. The van der Waals surface area contributed by atoms with Crippen LogP contribution in [0.1, 0.15) is 41.5 Å². The Morgan fingerprint density at radius 1 is 1.18 bits per heavy atom. The Morgan fingerprint density at radius 3 is 2.64 bits per heavy atom. The molecule has 1 aliphatic heterocycles. The molecule has 0 fully saturated rings. The number of carbonyl (C=O) groups is 1. The highest BCUT2D eigenvalue weighted by molar-refractivity contribution is 6.02. The van der Waals surface area contributed by atoms with Crippen LogP contribution in [0, 0.1) is 12.7 Å². The molecule has 0 saturated carbocycles. The predicted molar refractivity (Wildman–Crippen MR) is 85.4 cm³/mol. The fraction of sp³-hybridized carbons (Fsp3) is 0.278. The standard InChI is InChI=1S/C18H19FN2O/c1-11(2)21-16-7-5-4-6-13(16)18(22)20-17(21)14-10-12(3)8-9-15(14)19/h4-11,17H,1-3H3,(H,20,22). The van der Waals surface area contributed by atoms with Crippen molar-refractivity contribution in [1.29, 1.82) is 0 Å². The number of nitrogens with zero attached hydrogens (tertiary/aromatic N) is 1. The Labute approximate surface area is 129 Å². The molecule has 0 bridgehead atoms. The Morgan fingerprint density at radius 2 is 1.91 bits per heavy atom. The van der Waals surface area contributed by atoms with Gasteiger partial charge in [-0.15, -0.1) is 0 Å². The SMILES string of the molecule is Cc1ccc(F)c(C2NC(=O)c3ccccc3N2C(C)C)c1. The van der Waals surface area contributed by atoms with Crippen LogP contribution in [0.4, 0.5) is 10.1 Å². The quantitative estimate of drug-likeness (QED) is 0.915. The molecular formula is C18H19FN2O. The zero-order valence-corrected chi connectivity index (χ0v) is 12.9. The lowest BCUT2D eigenvalue weighted by atomic mass is 10.00. The van der Waals surface area contributed by atoms with E-state index in [1.807, 2.05) is 39.0 Å². The van der Waals surface area contributed by atoms with Gasteiger partial charge in [-0.1, -0.05) is 23.8 Å². The maximum atomic E-state index is 14.3. The average Bonchev–Trinajstić information content (AvgIpc) is 2.49. The molecule has 114 valence electrons. The summed E-state index contributed by atoms with van der Waals surface area (Å²) in [5.74, 6) is -0.473. The van der Waals surface area contributed by atoms with Gasteiger partial charge in [-0.25, -0.2) is 4.39 Å². The molecule has 1 heterocycles. The van der Waals surface area contributed by atoms with Gasteiger partial charge in [0.05, 0.1) is 11.3 Å². The van der Waals surface area contributed by atoms with Crippen LogP contribution < -0.4 is 10.2 Å². The third-order valence-corrected chi connectivity index (χ3v) is 3.98. The minimum absolute atomic E-state index is 0.117. The van der Waals surface area contributed by atoms with Gasteiger partial charge in [0.25, 0.3) is 5.91 Å². The Bertz CT molecular complexity index is 727. The number of halogens is 1. The summed E-state index contributed by atoms with van der Waals surface area (Å²) in [4.78, 5) is 14.4. The van der Waals surface area contributed by atoms with Crippen LogP contribution in [-0.4, -0.2) is 11.9 Å². The molecule has 22 heavy (non-hydrogen) atoms. The number of aryl methyl sites for hydroxylation is 1. The first kappa shape index (κ1) is 14.6. The molecule has 3 nitrogen and oxygen atoms in total. The number of fused-ring (bicyclic) bond motifs is 1. The first-order valence-corrected chi connectivity index (χ1v) is 7.43. The number of para-hydroxylation sites is 1. The van der Waals surface area contributed by atoms with Crippen molar-refractivity contribution in [3.63, 3.8) is 0 Å². The number of hydrogen-bond donors (Lipinski definition) is 1. The minimum Gasteiger partial charge on any atom is -0.344 e. The normalized spacial score (nSPS) is 17.4. The van der Waals surface area contributed by atoms with E-state index in [1.165, 1.54) is 6.07 Å². The molecule has 2 aromatic rings. The molecule has 3 rings (SSSR count). The Kier molecular flexibility index (Phi) is 3.61. The van der Waals surface area contributed by atoms with Crippen molar-refractivity contribution in [3.8, 4) is 0 Å². The summed E-state index contributed by atoms with van der Waals surface area (Å²) in [6.07, 6.45) is -0.498. The molecule has 0 radical (unpaired) electrons. The summed E-state index contributed by atoms with van der Waals surface area (Å²) in [5, 5.41) is 2.94. The van der Waals surface area contributed by atoms with E-state index < -0.39 is 6.17 Å². The van der Waals surface area contributed by atoms with Gasteiger partial charge >= 0.3 is 0 Å². The van der Waals surface area contributed by atoms with E-state index in [2.05, 4.69) is 10.2 Å². The van der Waals surface area contributed by atoms with Gasteiger partial charge in [-0.05, 0) is 45.0 Å². The maximum Gasteiger partial charge on any atom is 0.255 e. The van der Waals surface area contributed by atoms with Gasteiger partial charge in [0.2, 0.25) is 0 Å². The molecule has 1 aliphatic rings. The van der Waals surface area contributed by atoms with Crippen LogP contribution in [-0.2, 0) is 0 Å². The molecule has 1 amide bonds. The second kappa shape index (κ2) is 5.44. The smallest absolute Gasteiger partial charge is 0.255 e. The minimum atomic E-state index is -0.498.